The number of morpholine rings is 1. The van der Waals surface area contributed by atoms with E-state index in [0.717, 1.165) is 5.39 Å². The number of amides is 2. The minimum Gasteiger partial charge on any atom is -0.489 e. The lowest BCUT2D eigenvalue weighted by atomic mass is 10.1. The predicted molar refractivity (Wildman–Crippen MR) is 111 cm³/mol. The highest BCUT2D eigenvalue weighted by molar-refractivity contribution is 6.00. The van der Waals surface area contributed by atoms with Crippen LogP contribution >= 0.6 is 0 Å². The summed E-state index contributed by atoms with van der Waals surface area (Å²) in [6, 6.07) is 16.9. The van der Waals surface area contributed by atoms with Crippen molar-refractivity contribution in [2.45, 2.75) is 6.61 Å². The summed E-state index contributed by atoms with van der Waals surface area (Å²) in [5.74, 6) is 0.452. The maximum Gasteiger partial charge on any atom is 0.290 e. The van der Waals surface area contributed by atoms with Crippen molar-refractivity contribution in [1.29, 1.82) is 0 Å². The van der Waals surface area contributed by atoms with E-state index in [1.807, 2.05) is 54.6 Å². The number of carbonyl (C=O) groups is 2. The summed E-state index contributed by atoms with van der Waals surface area (Å²) in [7, 11) is 1.61. The second kappa shape index (κ2) is 9.00. The molecule has 4 rings (SSSR count). The molecule has 1 fully saturated rings. The lowest BCUT2D eigenvalue weighted by molar-refractivity contribution is -0.135. The van der Waals surface area contributed by atoms with Crippen molar-refractivity contribution in [1.82, 2.24) is 9.80 Å². The first-order chi connectivity index (χ1) is 14.6. The topological polar surface area (TPSA) is 72.2 Å². The highest BCUT2D eigenvalue weighted by atomic mass is 16.5. The summed E-state index contributed by atoms with van der Waals surface area (Å²) in [5.41, 5.74) is 1.28. The van der Waals surface area contributed by atoms with Crippen LogP contribution in [0, 0.1) is 0 Å². The van der Waals surface area contributed by atoms with Gasteiger partial charge >= 0.3 is 0 Å². The quantitative estimate of drug-likeness (QED) is 0.627. The van der Waals surface area contributed by atoms with E-state index in [4.69, 9.17) is 13.9 Å². The summed E-state index contributed by atoms with van der Waals surface area (Å²) in [4.78, 5) is 28.8. The second-order valence-corrected chi connectivity index (χ2v) is 7.16. The van der Waals surface area contributed by atoms with Gasteiger partial charge in [0.25, 0.3) is 5.91 Å². The molecule has 2 aromatic carbocycles. The average molecular weight is 408 g/mol. The molecule has 0 bridgehead atoms. The number of fused-ring (bicyclic) bond motifs is 1. The van der Waals surface area contributed by atoms with Crippen molar-refractivity contribution in [2.75, 3.05) is 39.9 Å². The number of furan rings is 1. The summed E-state index contributed by atoms with van der Waals surface area (Å²) in [6.07, 6.45) is 0. The SMILES string of the molecule is CN(CC(=O)N1CCOCC1)C(=O)c1oc2ccccc2c1COc1ccccc1. The van der Waals surface area contributed by atoms with E-state index in [-0.39, 0.29) is 30.7 Å². The van der Waals surface area contributed by atoms with Crippen LogP contribution in [0.15, 0.2) is 59.0 Å². The molecular weight excluding hydrogens is 384 g/mol. The van der Waals surface area contributed by atoms with Gasteiger partial charge in [-0.3, -0.25) is 9.59 Å². The van der Waals surface area contributed by atoms with E-state index in [0.29, 0.717) is 43.2 Å². The zero-order chi connectivity index (χ0) is 20.9. The lowest BCUT2D eigenvalue weighted by Gasteiger charge is -2.28. The molecule has 30 heavy (non-hydrogen) atoms. The van der Waals surface area contributed by atoms with E-state index in [2.05, 4.69) is 0 Å². The monoisotopic (exact) mass is 408 g/mol. The molecule has 1 aliphatic rings. The molecule has 0 saturated carbocycles. The third kappa shape index (κ3) is 4.31. The molecule has 0 atom stereocenters. The van der Waals surface area contributed by atoms with Gasteiger partial charge < -0.3 is 23.7 Å². The molecule has 0 aliphatic carbocycles. The number of para-hydroxylation sites is 2. The number of benzene rings is 2. The van der Waals surface area contributed by atoms with Crippen LogP contribution in [0.5, 0.6) is 5.75 Å². The summed E-state index contributed by atoms with van der Waals surface area (Å²) in [5, 5.41) is 0.824. The molecule has 156 valence electrons. The largest absolute Gasteiger partial charge is 0.489 e. The molecule has 2 amide bonds. The molecular formula is C23H24N2O5. The summed E-state index contributed by atoms with van der Waals surface area (Å²) in [6.45, 7) is 2.30. The van der Waals surface area contributed by atoms with Crippen molar-refractivity contribution in [3.05, 3.63) is 65.9 Å². The zero-order valence-electron chi connectivity index (χ0n) is 16.9. The van der Waals surface area contributed by atoms with Gasteiger partial charge in [0.1, 0.15) is 17.9 Å². The second-order valence-electron chi connectivity index (χ2n) is 7.16. The van der Waals surface area contributed by atoms with E-state index in [1.165, 1.54) is 4.90 Å². The Balaban J connectivity index is 1.54. The molecule has 1 aliphatic heterocycles. The van der Waals surface area contributed by atoms with E-state index >= 15 is 0 Å². The van der Waals surface area contributed by atoms with Gasteiger partial charge in [0.15, 0.2) is 5.76 Å². The molecule has 7 nitrogen and oxygen atoms in total. The number of likely N-dealkylation sites (N-methyl/N-ethyl adjacent to an activating group) is 1. The Morgan fingerprint density at radius 3 is 2.50 bits per heavy atom. The number of rotatable bonds is 6. The van der Waals surface area contributed by atoms with Crippen LogP contribution < -0.4 is 4.74 Å². The Morgan fingerprint density at radius 1 is 1.03 bits per heavy atom. The van der Waals surface area contributed by atoms with Gasteiger partial charge in [-0.1, -0.05) is 36.4 Å². The smallest absolute Gasteiger partial charge is 0.290 e. The van der Waals surface area contributed by atoms with Crippen LogP contribution in [0.3, 0.4) is 0 Å². The fourth-order valence-corrected chi connectivity index (χ4v) is 3.45. The molecule has 1 saturated heterocycles. The van der Waals surface area contributed by atoms with Gasteiger partial charge in [0.2, 0.25) is 5.91 Å². The van der Waals surface area contributed by atoms with Crippen LogP contribution in [-0.2, 0) is 16.1 Å². The van der Waals surface area contributed by atoms with Crippen LogP contribution in [0.25, 0.3) is 11.0 Å². The molecule has 1 aromatic heterocycles. The standard InChI is InChI=1S/C23H24N2O5/c1-24(15-21(26)25-11-13-28-14-12-25)23(27)22-19(16-29-17-7-3-2-4-8-17)18-9-5-6-10-20(18)30-22/h2-10H,11-16H2,1H3. The van der Waals surface area contributed by atoms with Crippen LogP contribution in [0.4, 0.5) is 0 Å². The van der Waals surface area contributed by atoms with Crippen molar-refractivity contribution >= 4 is 22.8 Å². The Hall–Kier alpha value is -3.32. The Bertz CT molecular complexity index is 1020. The van der Waals surface area contributed by atoms with Crippen molar-refractivity contribution in [3.63, 3.8) is 0 Å². The predicted octanol–water partition coefficient (Wildman–Crippen LogP) is 2.94. The maximum atomic E-state index is 13.1. The van der Waals surface area contributed by atoms with Gasteiger partial charge in [-0.05, 0) is 18.2 Å². The molecule has 0 unspecified atom stereocenters. The lowest BCUT2D eigenvalue weighted by Crippen LogP contribution is -2.46. The maximum absolute atomic E-state index is 13.1. The van der Waals surface area contributed by atoms with Gasteiger partial charge in [0, 0.05) is 31.1 Å². The zero-order valence-corrected chi connectivity index (χ0v) is 16.9. The fraction of sp³-hybridized carbons (Fsp3) is 0.304. The molecule has 7 heteroatoms. The summed E-state index contributed by atoms with van der Waals surface area (Å²) >= 11 is 0. The Morgan fingerprint density at radius 2 is 1.73 bits per heavy atom. The van der Waals surface area contributed by atoms with Crippen LogP contribution in [0.1, 0.15) is 16.1 Å². The number of hydrogen-bond donors (Lipinski definition) is 0. The van der Waals surface area contributed by atoms with Gasteiger partial charge in [-0.25, -0.2) is 0 Å². The Labute approximate surface area is 174 Å². The van der Waals surface area contributed by atoms with Gasteiger partial charge in [0.05, 0.1) is 19.8 Å². The molecule has 0 radical (unpaired) electrons. The molecule has 0 spiro atoms. The minimum atomic E-state index is -0.348. The van der Waals surface area contributed by atoms with Crippen molar-refractivity contribution in [2.24, 2.45) is 0 Å². The minimum absolute atomic E-state index is 0.0190. The van der Waals surface area contributed by atoms with E-state index in [1.54, 1.807) is 11.9 Å². The molecule has 3 aromatic rings. The van der Waals surface area contributed by atoms with E-state index in [9.17, 15) is 9.59 Å². The van der Waals surface area contributed by atoms with Gasteiger partial charge in [-0.15, -0.1) is 0 Å². The van der Waals surface area contributed by atoms with Crippen molar-refractivity contribution < 1.29 is 23.5 Å². The number of hydrogen-bond acceptors (Lipinski definition) is 5. The highest BCUT2D eigenvalue weighted by Crippen LogP contribution is 2.28. The van der Waals surface area contributed by atoms with Gasteiger partial charge in [-0.2, -0.15) is 0 Å². The van der Waals surface area contributed by atoms with Crippen LogP contribution in [-0.4, -0.2) is 61.5 Å². The van der Waals surface area contributed by atoms with Crippen LogP contribution in [0.2, 0.25) is 0 Å². The third-order valence-corrected chi connectivity index (χ3v) is 5.10. The first kappa shape index (κ1) is 20.0. The normalized spacial score (nSPS) is 14.0. The number of ether oxygens (including phenoxy) is 2. The molecule has 2 heterocycles. The van der Waals surface area contributed by atoms with E-state index < -0.39 is 0 Å². The van der Waals surface area contributed by atoms with Crippen molar-refractivity contribution in [3.8, 4) is 5.75 Å². The Kier molecular flexibility index (Phi) is 5.99. The summed E-state index contributed by atoms with van der Waals surface area (Å²) < 4.78 is 17.0. The molecule has 0 N–H and O–H groups in total. The third-order valence-electron chi connectivity index (χ3n) is 5.10. The first-order valence-corrected chi connectivity index (χ1v) is 9.92. The number of carbonyl (C=O) groups excluding carboxylic acids is 2. The fourth-order valence-electron chi connectivity index (χ4n) is 3.45. The first-order valence-electron chi connectivity index (χ1n) is 9.92. The highest BCUT2D eigenvalue weighted by Gasteiger charge is 2.26. The number of nitrogens with zero attached hydrogens (tertiary/aromatic N) is 2. The average Bonchev–Trinajstić information content (AvgIpc) is 3.17.